The largest absolute Gasteiger partial charge is 1.00 e. The van der Waals surface area contributed by atoms with Crippen molar-refractivity contribution in [2.45, 2.75) is 0 Å². The molecule has 0 saturated heterocycles. The summed E-state index contributed by atoms with van der Waals surface area (Å²) < 4.78 is 40.9. The van der Waals surface area contributed by atoms with Gasteiger partial charge in [0, 0.05) is 0 Å². The third kappa shape index (κ3) is 4.03. The summed E-state index contributed by atoms with van der Waals surface area (Å²) in [6.07, 6.45) is 0. The van der Waals surface area contributed by atoms with Gasteiger partial charge in [-0.3, -0.25) is 0 Å². The van der Waals surface area contributed by atoms with E-state index < -0.39 is 12.4 Å². The molecule has 1 nitrogen and oxygen atoms in total. The summed E-state index contributed by atoms with van der Waals surface area (Å²) in [5.74, 6) is 0.429. The van der Waals surface area contributed by atoms with Crippen LogP contribution in [0.25, 0.3) is 0 Å². The number of rotatable bonds is 2. The predicted molar refractivity (Wildman–Crippen MR) is 41.7 cm³/mol. The second kappa shape index (κ2) is 5.41. The van der Waals surface area contributed by atoms with E-state index in [0.29, 0.717) is 5.75 Å². The van der Waals surface area contributed by atoms with Crippen LogP contribution in [-0.4, -0.2) is 14.1 Å². The van der Waals surface area contributed by atoms with Crippen LogP contribution in [0.1, 0.15) is 0 Å². The molecule has 0 heterocycles. The van der Waals surface area contributed by atoms with Gasteiger partial charge in [0.25, 0.3) is 0 Å². The number of hydrogen-bond donors (Lipinski definition) is 0. The Kier molecular flexibility index (Phi) is 5.62. The Hall–Kier alpha value is 0.511. The van der Waals surface area contributed by atoms with Crippen LogP contribution in [0.4, 0.5) is 12.9 Å². The second-order valence-electron chi connectivity index (χ2n) is 2.35. The van der Waals surface area contributed by atoms with Gasteiger partial charge >= 0.3 is 58.4 Å². The van der Waals surface area contributed by atoms with Gasteiger partial charge in [0.1, 0.15) is 5.75 Å². The van der Waals surface area contributed by atoms with E-state index in [-0.39, 0.29) is 51.4 Å². The molecular formula is C7H7BF3KO. The molecule has 0 saturated carbocycles. The minimum Gasteiger partial charge on any atom is -0.497 e. The summed E-state index contributed by atoms with van der Waals surface area (Å²) in [4.78, 5) is 0. The van der Waals surface area contributed by atoms with Crippen LogP contribution in [0.15, 0.2) is 24.3 Å². The third-order valence-electron chi connectivity index (χ3n) is 1.49. The molecule has 0 bridgehead atoms. The molecule has 0 amide bonds. The first-order valence-corrected chi connectivity index (χ1v) is 3.38. The molecule has 1 rings (SSSR count). The summed E-state index contributed by atoms with van der Waals surface area (Å²) in [6.45, 7) is -4.88. The fourth-order valence-electron chi connectivity index (χ4n) is 0.822. The van der Waals surface area contributed by atoms with Crippen LogP contribution >= 0.6 is 0 Å². The number of methoxy groups -OCH3 is 1. The first kappa shape index (κ1) is 13.5. The molecule has 0 radical (unpaired) electrons. The van der Waals surface area contributed by atoms with E-state index in [4.69, 9.17) is 4.74 Å². The maximum atomic E-state index is 12.0. The van der Waals surface area contributed by atoms with Crippen LogP contribution in [0.5, 0.6) is 5.75 Å². The van der Waals surface area contributed by atoms with E-state index in [0.717, 1.165) is 12.1 Å². The zero-order valence-electron chi connectivity index (χ0n) is 7.43. The molecule has 66 valence electrons. The van der Waals surface area contributed by atoms with Gasteiger partial charge in [-0.2, -0.15) is 0 Å². The maximum absolute atomic E-state index is 12.0. The molecule has 0 aliphatic rings. The minimum absolute atomic E-state index is 0. The average molecular weight is 214 g/mol. The van der Waals surface area contributed by atoms with Gasteiger partial charge in [-0.25, -0.2) is 0 Å². The molecule has 0 aliphatic heterocycles. The van der Waals surface area contributed by atoms with E-state index in [2.05, 4.69) is 0 Å². The van der Waals surface area contributed by atoms with Crippen molar-refractivity contribution in [2.24, 2.45) is 0 Å². The Labute approximate surface area is 117 Å². The van der Waals surface area contributed by atoms with Crippen LogP contribution in [0.2, 0.25) is 0 Å². The van der Waals surface area contributed by atoms with E-state index in [1.54, 1.807) is 0 Å². The van der Waals surface area contributed by atoms with Crippen molar-refractivity contribution in [3.8, 4) is 5.75 Å². The van der Waals surface area contributed by atoms with Crippen LogP contribution < -0.4 is 61.6 Å². The van der Waals surface area contributed by atoms with Crippen molar-refractivity contribution in [1.29, 1.82) is 0 Å². The van der Waals surface area contributed by atoms with Crippen molar-refractivity contribution in [3.63, 3.8) is 0 Å². The van der Waals surface area contributed by atoms with Gasteiger partial charge in [-0.1, -0.05) is 12.1 Å². The molecule has 13 heavy (non-hydrogen) atoms. The molecular weight excluding hydrogens is 207 g/mol. The van der Waals surface area contributed by atoms with Gasteiger partial charge in [0.15, 0.2) is 0 Å². The van der Waals surface area contributed by atoms with E-state index in [1.807, 2.05) is 0 Å². The molecule has 1 aromatic carbocycles. The third-order valence-corrected chi connectivity index (χ3v) is 1.49. The van der Waals surface area contributed by atoms with Gasteiger partial charge in [-0.05, 0) is 12.1 Å². The molecule has 0 atom stereocenters. The SMILES string of the molecule is COc1ccc([B-](F)(F)F)cc1.[K+]. The summed E-state index contributed by atoms with van der Waals surface area (Å²) in [6, 6.07) is 4.62. The Bertz CT molecular complexity index is 259. The van der Waals surface area contributed by atoms with Crippen molar-refractivity contribution >= 4 is 12.4 Å². The average Bonchev–Trinajstić information content (AvgIpc) is 2.03. The zero-order valence-corrected chi connectivity index (χ0v) is 10.6. The topological polar surface area (TPSA) is 9.23 Å². The fraction of sp³-hybridized carbons (Fsp3) is 0.143. The zero-order chi connectivity index (χ0) is 9.19. The number of halogens is 3. The first-order valence-electron chi connectivity index (χ1n) is 3.38. The summed E-state index contributed by atoms with van der Waals surface area (Å²) in [7, 11) is 1.41. The smallest absolute Gasteiger partial charge is 0.497 e. The minimum atomic E-state index is -4.88. The summed E-state index contributed by atoms with van der Waals surface area (Å²) >= 11 is 0. The Morgan fingerprint density at radius 1 is 1.08 bits per heavy atom. The summed E-state index contributed by atoms with van der Waals surface area (Å²) in [5, 5.41) is 0. The maximum Gasteiger partial charge on any atom is 1.00 e. The number of hydrogen-bond acceptors (Lipinski definition) is 1. The molecule has 0 aromatic heterocycles. The van der Waals surface area contributed by atoms with Crippen LogP contribution in [0.3, 0.4) is 0 Å². The molecule has 0 fully saturated rings. The molecule has 1 aromatic rings. The molecule has 0 N–H and O–H groups in total. The van der Waals surface area contributed by atoms with Gasteiger partial charge in [-0.15, -0.1) is 5.46 Å². The first-order chi connectivity index (χ1) is 5.54. The monoisotopic (exact) mass is 214 g/mol. The Morgan fingerprint density at radius 2 is 1.54 bits per heavy atom. The summed E-state index contributed by atoms with van der Waals surface area (Å²) in [5.41, 5.74) is -0.601. The fourth-order valence-corrected chi connectivity index (χ4v) is 0.822. The second-order valence-corrected chi connectivity index (χ2v) is 2.35. The normalized spacial score (nSPS) is 10.5. The van der Waals surface area contributed by atoms with Crippen molar-refractivity contribution < 1.29 is 69.1 Å². The van der Waals surface area contributed by atoms with Crippen molar-refractivity contribution in [3.05, 3.63) is 24.3 Å². The Morgan fingerprint density at radius 3 is 1.85 bits per heavy atom. The molecule has 0 aliphatic carbocycles. The molecule has 0 spiro atoms. The van der Waals surface area contributed by atoms with Gasteiger partial charge in [0.2, 0.25) is 0 Å². The van der Waals surface area contributed by atoms with E-state index >= 15 is 0 Å². The molecule has 6 heteroatoms. The van der Waals surface area contributed by atoms with Gasteiger partial charge < -0.3 is 17.7 Å². The number of benzene rings is 1. The standard InChI is InChI=1S/C7H7BF3O.K/c1-12-7-4-2-6(3-5-7)8(9,10)11;/h2-5H,1H3;/q-1;+1. The van der Waals surface area contributed by atoms with E-state index in [1.165, 1.54) is 19.2 Å². The van der Waals surface area contributed by atoms with Crippen molar-refractivity contribution in [2.75, 3.05) is 7.11 Å². The quantitative estimate of drug-likeness (QED) is 0.559. The number of ether oxygens (including phenoxy) is 1. The van der Waals surface area contributed by atoms with Gasteiger partial charge in [0.05, 0.1) is 7.11 Å². The predicted octanol–water partition coefficient (Wildman–Crippen LogP) is -1.25. The van der Waals surface area contributed by atoms with Crippen LogP contribution in [0, 0.1) is 0 Å². The Balaban J connectivity index is 0.00000144. The van der Waals surface area contributed by atoms with Crippen molar-refractivity contribution in [1.82, 2.24) is 0 Å². The van der Waals surface area contributed by atoms with Crippen LogP contribution in [-0.2, 0) is 0 Å². The molecule has 0 unspecified atom stereocenters. The van der Waals surface area contributed by atoms with E-state index in [9.17, 15) is 12.9 Å².